The maximum absolute atomic E-state index is 3.45. The van der Waals surface area contributed by atoms with E-state index in [9.17, 15) is 0 Å². The van der Waals surface area contributed by atoms with E-state index in [0.717, 1.165) is 12.8 Å². The monoisotopic (exact) mass is 281 g/mol. The van der Waals surface area contributed by atoms with Crippen molar-refractivity contribution in [2.75, 3.05) is 7.05 Å². The second-order valence-corrected chi connectivity index (χ2v) is 5.86. The Morgan fingerprint density at radius 1 is 0.857 bits per heavy atom. The van der Waals surface area contributed by atoms with Crippen LogP contribution >= 0.6 is 0 Å². The predicted octanol–water partition coefficient (Wildman–Crippen LogP) is 4.84. The molecule has 2 rings (SSSR count). The molecule has 0 aliphatic heterocycles. The largest absolute Gasteiger partial charge is 0.313 e. The first-order chi connectivity index (χ1) is 10.2. The molecule has 1 heteroatoms. The molecule has 0 aliphatic carbocycles. The number of aryl methyl sites for hydroxylation is 3. The molecule has 0 radical (unpaired) electrons. The van der Waals surface area contributed by atoms with Crippen molar-refractivity contribution in [3.05, 3.63) is 70.8 Å². The maximum atomic E-state index is 3.45. The van der Waals surface area contributed by atoms with Gasteiger partial charge in [-0.25, -0.2) is 0 Å². The molecule has 2 aromatic rings. The van der Waals surface area contributed by atoms with Crippen LogP contribution in [0.3, 0.4) is 0 Å². The van der Waals surface area contributed by atoms with Gasteiger partial charge in [0.2, 0.25) is 0 Å². The van der Waals surface area contributed by atoms with Crippen LogP contribution < -0.4 is 5.32 Å². The Balaban J connectivity index is 1.97. The minimum Gasteiger partial charge on any atom is -0.313 e. The van der Waals surface area contributed by atoms with E-state index >= 15 is 0 Å². The van der Waals surface area contributed by atoms with Gasteiger partial charge in [0.25, 0.3) is 0 Å². The Labute approximate surface area is 129 Å². The molecule has 0 saturated heterocycles. The van der Waals surface area contributed by atoms with E-state index < -0.39 is 0 Å². The van der Waals surface area contributed by atoms with Gasteiger partial charge < -0.3 is 5.32 Å². The summed E-state index contributed by atoms with van der Waals surface area (Å²) < 4.78 is 0. The van der Waals surface area contributed by atoms with E-state index in [1.165, 1.54) is 35.1 Å². The third kappa shape index (κ3) is 4.71. The lowest BCUT2D eigenvalue weighted by molar-refractivity contribution is 0.549. The number of hydrogen-bond acceptors (Lipinski definition) is 1. The van der Waals surface area contributed by atoms with Crippen molar-refractivity contribution in [2.24, 2.45) is 0 Å². The van der Waals surface area contributed by atoms with E-state index in [4.69, 9.17) is 0 Å². The summed E-state index contributed by atoms with van der Waals surface area (Å²) in [5.41, 5.74) is 5.58. The zero-order valence-electron chi connectivity index (χ0n) is 13.5. The Kier molecular flexibility index (Phi) is 6.01. The molecule has 21 heavy (non-hydrogen) atoms. The van der Waals surface area contributed by atoms with Crippen LogP contribution in [0.5, 0.6) is 0 Å². The van der Waals surface area contributed by atoms with Gasteiger partial charge in [-0.3, -0.25) is 0 Å². The zero-order chi connectivity index (χ0) is 15.1. The van der Waals surface area contributed by atoms with Crippen LogP contribution in [0.1, 0.15) is 48.1 Å². The fourth-order valence-electron chi connectivity index (χ4n) is 2.75. The average molecular weight is 281 g/mol. The molecule has 1 nitrogen and oxygen atoms in total. The molecule has 0 heterocycles. The van der Waals surface area contributed by atoms with Crippen molar-refractivity contribution >= 4 is 0 Å². The molecule has 0 aromatic heterocycles. The fraction of sp³-hybridized carbons (Fsp3) is 0.400. The smallest absolute Gasteiger partial charge is 0.0320 e. The zero-order valence-corrected chi connectivity index (χ0v) is 13.5. The molecule has 0 saturated carbocycles. The van der Waals surface area contributed by atoms with Crippen LogP contribution in [-0.4, -0.2) is 7.05 Å². The Morgan fingerprint density at radius 2 is 1.43 bits per heavy atom. The molecule has 0 fully saturated rings. The average Bonchev–Trinajstić information content (AvgIpc) is 2.51. The normalized spacial score (nSPS) is 12.3. The highest BCUT2D eigenvalue weighted by molar-refractivity contribution is 5.26. The number of nitrogens with one attached hydrogen (secondary N) is 1. The van der Waals surface area contributed by atoms with Gasteiger partial charge in [-0.05, 0) is 49.9 Å². The summed E-state index contributed by atoms with van der Waals surface area (Å²) in [4.78, 5) is 0. The Hall–Kier alpha value is -1.60. The first kappa shape index (κ1) is 15.8. The third-order valence-corrected chi connectivity index (χ3v) is 4.11. The molecule has 112 valence electrons. The summed E-state index contributed by atoms with van der Waals surface area (Å²) >= 11 is 0. The topological polar surface area (TPSA) is 12.0 Å². The quantitative estimate of drug-likeness (QED) is 0.765. The SMILES string of the molecule is CCCc1ccc(C(CCc2ccc(C)cc2)NC)cc1. The van der Waals surface area contributed by atoms with E-state index in [1.54, 1.807) is 0 Å². The van der Waals surface area contributed by atoms with Gasteiger partial charge in [-0.15, -0.1) is 0 Å². The van der Waals surface area contributed by atoms with E-state index in [-0.39, 0.29) is 0 Å². The summed E-state index contributed by atoms with van der Waals surface area (Å²) in [6.45, 7) is 4.37. The van der Waals surface area contributed by atoms with Crippen LogP contribution in [0.25, 0.3) is 0 Å². The summed E-state index contributed by atoms with van der Waals surface area (Å²) in [6.07, 6.45) is 4.63. The number of benzene rings is 2. The second kappa shape index (κ2) is 7.99. The van der Waals surface area contributed by atoms with Crippen LogP contribution in [0.2, 0.25) is 0 Å². The molecule has 0 amide bonds. The molecule has 0 aliphatic rings. The summed E-state index contributed by atoms with van der Waals surface area (Å²) in [5.74, 6) is 0. The van der Waals surface area contributed by atoms with Gasteiger partial charge in [-0.2, -0.15) is 0 Å². The van der Waals surface area contributed by atoms with Crippen molar-refractivity contribution in [2.45, 2.75) is 45.6 Å². The first-order valence-electron chi connectivity index (χ1n) is 8.04. The summed E-state index contributed by atoms with van der Waals surface area (Å²) in [6, 6.07) is 18.4. The van der Waals surface area contributed by atoms with Gasteiger partial charge >= 0.3 is 0 Å². The lowest BCUT2D eigenvalue weighted by Crippen LogP contribution is -2.17. The van der Waals surface area contributed by atoms with Crippen molar-refractivity contribution in [3.8, 4) is 0 Å². The van der Waals surface area contributed by atoms with E-state index in [0.29, 0.717) is 6.04 Å². The van der Waals surface area contributed by atoms with Crippen molar-refractivity contribution in [1.82, 2.24) is 5.32 Å². The van der Waals surface area contributed by atoms with Crippen molar-refractivity contribution < 1.29 is 0 Å². The number of rotatable bonds is 7. The first-order valence-corrected chi connectivity index (χ1v) is 8.04. The maximum Gasteiger partial charge on any atom is 0.0320 e. The van der Waals surface area contributed by atoms with Gasteiger partial charge in [0.15, 0.2) is 0 Å². The molecule has 0 bridgehead atoms. The standard InChI is InChI=1S/C20H27N/c1-4-5-17-10-13-19(14-11-17)20(21-3)15-12-18-8-6-16(2)7-9-18/h6-11,13-14,20-21H,4-5,12,15H2,1-3H3. The molecule has 1 N–H and O–H groups in total. The lowest BCUT2D eigenvalue weighted by atomic mass is 9.97. The van der Waals surface area contributed by atoms with Gasteiger partial charge in [0.05, 0.1) is 0 Å². The minimum atomic E-state index is 0.432. The molecule has 2 aromatic carbocycles. The van der Waals surface area contributed by atoms with Crippen LogP contribution in [0.4, 0.5) is 0 Å². The Bertz CT molecular complexity index is 525. The molecule has 1 unspecified atom stereocenters. The summed E-state index contributed by atoms with van der Waals surface area (Å²) in [7, 11) is 2.06. The second-order valence-electron chi connectivity index (χ2n) is 5.86. The molecule has 0 spiro atoms. The fourth-order valence-corrected chi connectivity index (χ4v) is 2.75. The van der Waals surface area contributed by atoms with Crippen LogP contribution in [-0.2, 0) is 12.8 Å². The van der Waals surface area contributed by atoms with Gasteiger partial charge in [0.1, 0.15) is 0 Å². The predicted molar refractivity (Wildman–Crippen MR) is 91.7 cm³/mol. The summed E-state index contributed by atoms with van der Waals surface area (Å²) in [5, 5.41) is 3.45. The van der Waals surface area contributed by atoms with Gasteiger partial charge in [-0.1, -0.05) is 67.4 Å². The van der Waals surface area contributed by atoms with Crippen molar-refractivity contribution in [1.29, 1.82) is 0 Å². The van der Waals surface area contributed by atoms with Crippen LogP contribution in [0, 0.1) is 6.92 Å². The van der Waals surface area contributed by atoms with E-state index in [1.807, 2.05) is 0 Å². The molecular formula is C20H27N. The highest BCUT2D eigenvalue weighted by Crippen LogP contribution is 2.20. The van der Waals surface area contributed by atoms with Crippen LogP contribution in [0.15, 0.2) is 48.5 Å². The minimum absolute atomic E-state index is 0.432. The molecule has 1 atom stereocenters. The highest BCUT2D eigenvalue weighted by atomic mass is 14.9. The van der Waals surface area contributed by atoms with E-state index in [2.05, 4.69) is 74.7 Å². The highest BCUT2D eigenvalue weighted by Gasteiger charge is 2.09. The Morgan fingerprint density at radius 3 is 2.00 bits per heavy atom. The lowest BCUT2D eigenvalue weighted by Gasteiger charge is -2.17. The van der Waals surface area contributed by atoms with Gasteiger partial charge in [0, 0.05) is 6.04 Å². The number of hydrogen-bond donors (Lipinski definition) is 1. The molecular weight excluding hydrogens is 254 g/mol. The van der Waals surface area contributed by atoms with Crippen molar-refractivity contribution in [3.63, 3.8) is 0 Å². The third-order valence-electron chi connectivity index (χ3n) is 4.11.